The number of H-pyrrole nitrogens is 1. The third-order valence-electron chi connectivity index (χ3n) is 4.53. The van der Waals surface area contributed by atoms with Crippen molar-refractivity contribution in [3.63, 3.8) is 0 Å². The number of nitrogens with zero attached hydrogens (tertiary/aromatic N) is 1. The summed E-state index contributed by atoms with van der Waals surface area (Å²) in [5, 5.41) is 4.31. The van der Waals surface area contributed by atoms with Crippen molar-refractivity contribution in [2.45, 2.75) is 32.7 Å². The van der Waals surface area contributed by atoms with E-state index in [1.54, 1.807) is 0 Å². The average Bonchev–Trinajstić information content (AvgIpc) is 2.74. The van der Waals surface area contributed by atoms with Gasteiger partial charge in [0.25, 0.3) is 5.91 Å². The van der Waals surface area contributed by atoms with Crippen molar-refractivity contribution in [1.29, 1.82) is 0 Å². The van der Waals surface area contributed by atoms with Gasteiger partial charge in [0.1, 0.15) is 0 Å². The fourth-order valence-corrected chi connectivity index (χ4v) is 3.16. The van der Waals surface area contributed by atoms with Crippen molar-refractivity contribution >= 4 is 16.8 Å². The number of aromatic amines is 1. The molecular weight excluding hydrogens is 262 g/mol. The number of hydrogen-bond donors (Lipinski definition) is 2. The SMILES string of the molecule is Cc1[nH]c2ccc(C(=O)NC3CCCN(C)C3)cc2c1C. The van der Waals surface area contributed by atoms with Crippen LogP contribution in [0.1, 0.15) is 34.5 Å². The number of piperidine rings is 1. The summed E-state index contributed by atoms with van der Waals surface area (Å²) in [6, 6.07) is 6.16. The van der Waals surface area contributed by atoms with Gasteiger partial charge in [-0.05, 0) is 64.0 Å². The van der Waals surface area contributed by atoms with Crippen LogP contribution in [0.15, 0.2) is 18.2 Å². The molecule has 4 nitrogen and oxygen atoms in total. The molecule has 0 radical (unpaired) electrons. The van der Waals surface area contributed by atoms with E-state index in [4.69, 9.17) is 0 Å². The van der Waals surface area contributed by atoms with E-state index < -0.39 is 0 Å². The summed E-state index contributed by atoms with van der Waals surface area (Å²) in [6.45, 7) is 6.22. The molecule has 2 heterocycles. The third-order valence-corrected chi connectivity index (χ3v) is 4.53. The predicted molar refractivity (Wildman–Crippen MR) is 85.8 cm³/mol. The molecule has 0 saturated carbocycles. The van der Waals surface area contributed by atoms with Crippen LogP contribution in [0.2, 0.25) is 0 Å². The van der Waals surface area contributed by atoms with Crippen LogP contribution in [0, 0.1) is 13.8 Å². The molecule has 2 aromatic rings. The number of aromatic nitrogens is 1. The molecule has 1 fully saturated rings. The normalized spacial score (nSPS) is 19.9. The van der Waals surface area contributed by atoms with Gasteiger partial charge in [-0.15, -0.1) is 0 Å². The highest BCUT2D eigenvalue weighted by Crippen LogP contribution is 2.22. The summed E-state index contributed by atoms with van der Waals surface area (Å²) >= 11 is 0. The molecule has 21 heavy (non-hydrogen) atoms. The van der Waals surface area contributed by atoms with E-state index >= 15 is 0 Å². The molecule has 112 valence electrons. The molecule has 3 rings (SSSR count). The Labute approximate surface area is 125 Å². The minimum Gasteiger partial charge on any atom is -0.358 e. The monoisotopic (exact) mass is 285 g/mol. The molecule has 1 unspecified atom stereocenters. The van der Waals surface area contributed by atoms with Crippen LogP contribution >= 0.6 is 0 Å². The number of carbonyl (C=O) groups excluding carboxylic acids is 1. The molecule has 2 N–H and O–H groups in total. The lowest BCUT2D eigenvalue weighted by molar-refractivity contribution is 0.0912. The van der Waals surface area contributed by atoms with Crippen molar-refractivity contribution < 1.29 is 4.79 Å². The van der Waals surface area contributed by atoms with Gasteiger partial charge in [0, 0.05) is 34.7 Å². The number of likely N-dealkylation sites (N-methyl/N-ethyl adjacent to an activating group) is 1. The lowest BCUT2D eigenvalue weighted by Crippen LogP contribution is -2.46. The Kier molecular flexibility index (Phi) is 3.72. The standard InChI is InChI=1S/C17H23N3O/c1-11-12(2)18-16-7-6-13(9-15(11)16)17(21)19-14-5-4-8-20(3)10-14/h6-7,9,14,18H,4-5,8,10H2,1-3H3,(H,19,21). The van der Waals surface area contributed by atoms with E-state index in [-0.39, 0.29) is 11.9 Å². The zero-order chi connectivity index (χ0) is 15.0. The third kappa shape index (κ3) is 2.81. The van der Waals surface area contributed by atoms with Crippen LogP contribution in [0.4, 0.5) is 0 Å². The first-order chi connectivity index (χ1) is 10.0. The van der Waals surface area contributed by atoms with E-state index in [9.17, 15) is 4.79 Å². The fraction of sp³-hybridized carbons (Fsp3) is 0.471. The van der Waals surface area contributed by atoms with Gasteiger partial charge in [-0.1, -0.05) is 0 Å². The highest BCUT2D eigenvalue weighted by molar-refractivity contribution is 5.99. The maximum Gasteiger partial charge on any atom is 0.251 e. The lowest BCUT2D eigenvalue weighted by Gasteiger charge is -2.30. The molecule has 1 aliphatic rings. The molecule has 0 aliphatic carbocycles. The fourth-order valence-electron chi connectivity index (χ4n) is 3.16. The average molecular weight is 285 g/mol. The Hall–Kier alpha value is -1.81. The number of rotatable bonds is 2. The van der Waals surface area contributed by atoms with Gasteiger partial charge in [-0.3, -0.25) is 4.79 Å². The zero-order valence-corrected chi connectivity index (χ0v) is 13.0. The second kappa shape index (κ2) is 5.53. The quantitative estimate of drug-likeness (QED) is 0.891. The highest BCUT2D eigenvalue weighted by Gasteiger charge is 2.19. The van der Waals surface area contributed by atoms with Crippen molar-refractivity contribution in [1.82, 2.24) is 15.2 Å². The molecule has 1 aromatic heterocycles. The minimum atomic E-state index is 0.0375. The maximum atomic E-state index is 12.4. The van der Waals surface area contributed by atoms with Gasteiger partial charge in [0.05, 0.1) is 0 Å². The van der Waals surface area contributed by atoms with Crippen LogP contribution in [0.25, 0.3) is 10.9 Å². The first-order valence-corrected chi connectivity index (χ1v) is 7.63. The van der Waals surface area contributed by atoms with Crippen LogP contribution in [-0.2, 0) is 0 Å². The van der Waals surface area contributed by atoms with Crippen molar-refractivity contribution in [2.24, 2.45) is 0 Å². The number of fused-ring (bicyclic) bond motifs is 1. The number of benzene rings is 1. The van der Waals surface area contributed by atoms with Gasteiger partial charge in [0.15, 0.2) is 0 Å². The largest absolute Gasteiger partial charge is 0.358 e. The number of carbonyl (C=O) groups is 1. The number of nitrogens with one attached hydrogen (secondary N) is 2. The smallest absolute Gasteiger partial charge is 0.251 e. The molecule has 1 saturated heterocycles. The van der Waals surface area contributed by atoms with E-state index in [1.165, 1.54) is 5.56 Å². The highest BCUT2D eigenvalue weighted by atomic mass is 16.1. The van der Waals surface area contributed by atoms with Gasteiger partial charge >= 0.3 is 0 Å². The number of likely N-dealkylation sites (tertiary alicyclic amines) is 1. The predicted octanol–water partition coefficient (Wildman–Crippen LogP) is 2.61. The first-order valence-electron chi connectivity index (χ1n) is 7.63. The van der Waals surface area contributed by atoms with Gasteiger partial charge < -0.3 is 15.2 Å². The van der Waals surface area contributed by atoms with Crippen molar-refractivity contribution in [3.05, 3.63) is 35.0 Å². The Morgan fingerprint density at radius 2 is 2.19 bits per heavy atom. The summed E-state index contributed by atoms with van der Waals surface area (Å²) in [5.74, 6) is 0.0375. The van der Waals surface area contributed by atoms with Crippen molar-refractivity contribution in [3.8, 4) is 0 Å². The Morgan fingerprint density at radius 1 is 1.38 bits per heavy atom. The van der Waals surface area contributed by atoms with E-state index in [2.05, 4.69) is 36.1 Å². The molecule has 1 amide bonds. The molecule has 0 bridgehead atoms. The van der Waals surface area contributed by atoms with E-state index in [0.29, 0.717) is 0 Å². The van der Waals surface area contributed by atoms with Crippen LogP contribution < -0.4 is 5.32 Å². The van der Waals surface area contributed by atoms with Gasteiger partial charge in [0.2, 0.25) is 0 Å². The Morgan fingerprint density at radius 3 is 2.95 bits per heavy atom. The molecule has 0 spiro atoms. The molecule has 1 atom stereocenters. The first kappa shape index (κ1) is 14.1. The van der Waals surface area contributed by atoms with Crippen molar-refractivity contribution in [2.75, 3.05) is 20.1 Å². The second-order valence-corrected chi connectivity index (χ2v) is 6.21. The number of amides is 1. The Balaban J connectivity index is 1.79. The Bertz CT molecular complexity index is 674. The molecule has 1 aromatic carbocycles. The van der Waals surface area contributed by atoms with E-state index in [0.717, 1.165) is 48.1 Å². The number of aryl methyl sites for hydroxylation is 2. The van der Waals surface area contributed by atoms with E-state index in [1.807, 2.05) is 18.2 Å². The summed E-state index contributed by atoms with van der Waals surface area (Å²) in [6.07, 6.45) is 2.22. The molecule has 4 heteroatoms. The topological polar surface area (TPSA) is 48.1 Å². The van der Waals surface area contributed by atoms with Crippen LogP contribution in [0.3, 0.4) is 0 Å². The van der Waals surface area contributed by atoms with Crippen LogP contribution in [-0.4, -0.2) is 42.0 Å². The van der Waals surface area contributed by atoms with Gasteiger partial charge in [-0.2, -0.15) is 0 Å². The summed E-state index contributed by atoms with van der Waals surface area (Å²) in [5.41, 5.74) is 4.23. The van der Waals surface area contributed by atoms with Gasteiger partial charge in [-0.25, -0.2) is 0 Å². The zero-order valence-electron chi connectivity index (χ0n) is 13.0. The molecular formula is C17H23N3O. The maximum absolute atomic E-state index is 12.4. The summed E-state index contributed by atoms with van der Waals surface area (Å²) < 4.78 is 0. The minimum absolute atomic E-state index is 0.0375. The number of hydrogen-bond acceptors (Lipinski definition) is 2. The van der Waals surface area contributed by atoms with Crippen LogP contribution in [0.5, 0.6) is 0 Å². The summed E-state index contributed by atoms with van der Waals surface area (Å²) in [7, 11) is 2.11. The second-order valence-electron chi connectivity index (χ2n) is 6.21. The molecule has 1 aliphatic heterocycles. The summed E-state index contributed by atoms with van der Waals surface area (Å²) in [4.78, 5) is 18.1. The lowest BCUT2D eigenvalue weighted by atomic mass is 10.0.